The number of hydrogen-bond acceptors (Lipinski definition) is 3. The van der Waals surface area contributed by atoms with E-state index in [1.807, 2.05) is 12.3 Å². The maximum Gasteiger partial charge on any atom is 0.0705 e. The first kappa shape index (κ1) is 12.9. The molecule has 3 nitrogen and oxygen atoms in total. The van der Waals surface area contributed by atoms with Crippen molar-refractivity contribution in [1.82, 2.24) is 9.88 Å². The minimum absolute atomic E-state index is 0.308. The zero-order valence-electron chi connectivity index (χ0n) is 10.8. The second-order valence-electron chi connectivity index (χ2n) is 4.84. The van der Waals surface area contributed by atoms with Gasteiger partial charge >= 0.3 is 0 Å². The summed E-state index contributed by atoms with van der Waals surface area (Å²) in [5.74, 6) is 0.614. The van der Waals surface area contributed by atoms with E-state index in [1.54, 1.807) is 0 Å². The van der Waals surface area contributed by atoms with Crippen molar-refractivity contribution in [2.45, 2.75) is 12.6 Å². The minimum atomic E-state index is 0.308. The Bertz CT molecular complexity index is 555. The third-order valence-electron chi connectivity index (χ3n) is 3.64. The Kier molecular flexibility index (Phi) is 3.97. The van der Waals surface area contributed by atoms with Crippen molar-refractivity contribution in [2.75, 3.05) is 25.6 Å². The van der Waals surface area contributed by atoms with Crippen molar-refractivity contribution in [2.24, 2.45) is 0 Å². The average molecular weight is 277 g/mol. The first-order valence-corrected chi connectivity index (χ1v) is 7.12. The number of morpholine rings is 1. The first-order valence-electron chi connectivity index (χ1n) is 6.59. The fourth-order valence-corrected chi connectivity index (χ4v) is 2.84. The van der Waals surface area contributed by atoms with Crippen molar-refractivity contribution in [3.63, 3.8) is 0 Å². The van der Waals surface area contributed by atoms with Gasteiger partial charge in [-0.05, 0) is 17.7 Å². The lowest BCUT2D eigenvalue weighted by atomic mass is 10.1. The van der Waals surface area contributed by atoms with Crippen LogP contribution in [0.25, 0.3) is 10.9 Å². The third kappa shape index (κ3) is 2.73. The van der Waals surface area contributed by atoms with Crippen LogP contribution >= 0.6 is 11.6 Å². The highest BCUT2D eigenvalue weighted by Crippen LogP contribution is 2.20. The Morgan fingerprint density at radius 1 is 1.32 bits per heavy atom. The number of benzene rings is 1. The topological polar surface area (TPSA) is 25.4 Å². The van der Waals surface area contributed by atoms with Crippen LogP contribution in [0.4, 0.5) is 0 Å². The molecule has 100 valence electrons. The molecule has 4 heteroatoms. The molecule has 0 bridgehead atoms. The fraction of sp³-hybridized carbons (Fsp3) is 0.400. The van der Waals surface area contributed by atoms with E-state index < -0.39 is 0 Å². The van der Waals surface area contributed by atoms with Gasteiger partial charge in [-0.3, -0.25) is 9.88 Å². The molecule has 1 aromatic heterocycles. The van der Waals surface area contributed by atoms with Crippen LogP contribution in [0.15, 0.2) is 36.5 Å². The summed E-state index contributed by atoms with van der Waals surface area (Å²) in [4.78, 5) is 6.81. The van der Waals surface area contributed by atoms with Gasteiger partial charge in [-0.15, -0.1) is 11.6 Å². The molecule has 1 aliphatic rings. The quantitative estimate of drug-likeness (QED) is 0.806. The number of ether oxygens (including phenoxy) is 1. The Hall–Kier alpha value is -1.16. The smallest absolute Gasteiger partial charge is 0.0705 e. The number of rotatable bonds is 3. The molecule has 2 heterocycles. The summed E-state index contributed by atoms with van der Waals surface area (Å²) in [7, 11) is 0. The van der Waals surface area contributed by atoms with Crippen LogP contribution in [0.2, 0.25) is 0 Å². The van der Waals surface area contributed by atoms with Gasteiger partial charge in [0.15, 0.2) is 0 Å². The maximum atomic E-state index is 6.03. The van der Waals surface area contributed by atoms with Crippen LogP contribution in [0.1, 0.15) is 5.56 Å². The highest BCUT2D eigenvalue weighted by atomic mass is 35.5. The molecule has 0 aliphatic carbocycles. The number of fused-ring (bicyclic) bond motifs is 1. The van der Waals surface area contributed by atoms with E-state index in [1.165, 1.54) is 10.9 Å². The second-order valence-corrected chi connectivity index (χ2v) is 5.15. The normalized spacial score (nSPS) is 20.8. The van der Waals surface area contributed by atoms with E-state index in [2.05, 4.69) is 34.1 Å². The first-order chi connectivity index (χ1) is 9.38. The van der Waals surface area contributed by atoms with Crippen LogP contribution in [-0.4, -0.2) is 41.6 Å². The lowest BCUT2D eigenvalue weighted by Crippen LogP contribution is -2.45. The summed E-state index contributed by atoms with van der Waals surface area (Å²) in [6.07, 6.45) is 1.88. The standard InChI is InChI=1S/C15H17ClN2O/c16-9-13-11-19-8-7-18(13)10-12-5-6-17-15-4-2-1-3-14(12)15/h1-6,13H,7-11H2. The summed E-state index contributed by atoms with van der Waals surface area (Å²) in [6.45, 7) is 3.36. The summed E-state index contributed by atoms with van der Waals surface area (Å²) in [5, 5.41) is 1.23. The summed E-state index contributed by atoms with van der Waals surface area (Å²) in [5.41, 5.74) is 2.36. The third-order valence-corrected chi connectivity index (χ3v) is 4.00. The predicted octanol–water partition coefficient (Wildman–Crippen LogP) is 2.67. The molecule has 3 rings (SSSR count). The lowest BCUT2D eigenvalue weighted by molar-refractivity contribution is -0.00286. The summed E-state index contributed by atoms with van der Waals surface area (Å²) < 4.78 is 5.49. The molecule has 0 saturated carbocycles. The molecule has 1 aliphatic heterocycles. The molecule has 0 N–H and O–H groups in total. The van der Waals surface area contributed by atoms with Crippen LogP contribution in [0.3, 0.4) is 0 Å². The number of halogens is 1. The molecule has 0 radical (unpaired) electrons. The van der Waals surface area contributed by atoms with Crippen LogP contribution in [0.5, 0.6) is 0 Å². The van der Waals surface area contributed by atoms with Gasteiger partial charge in [0.2, 0.25) is 0 Å². The van der Waals surface area contributed by atoms with E-state index in [0.29, 0.717) is 11.9 Å². The van der Waals surface area contributed by atoms with E-state index in [0.717, 1.165) is 31.8 Å². The predicted molar refractivity (Wildman–Crippen MR) is 77.5 cm³/mol. The number of pyridine rings is 1. The maximum absolute atomic E-state index is 6.03. The molecule has 1 fully saturated rings. The van der Waals surface area contributed by atoms with Crippen LogP contribution in [-0.2, 0) is 11.3 Å². The highest BCUT2D eigenvalue weighted by molar-refractivity contribution is 6.18. The number of nitrogens with zero attached hydrogens (tertiary/aromatic N) is 2. The van der Waals surface area contributed by atoms with Crippen molar-refractivity contribution in [1.29, 1.82) is 0 Å². The number of aromatic nitrogens is 1. The average Bonchev–Trinajstić information content (AvgIpc) is 2.48. The van der Waals surface area contributed by atoms with Crippen molar-refractivity contribution in [3.05, 3.63) is 42.1 Å². The molecule has 2 aromatic rings. The minimum Gasteiger partial charge on any atom is -0.378 e. The summed E-state index contributed by atoms with van der Waals surface area (Å²) in [6, 6.07) is 10.7. The molecule has 0 amide bonds. The van der Waals surface area contributed by atoms with Crippen molar-refractivity contribution in [3.8, 4) is 0 Å². The SMILES string of the molecule is ClCC1COCCN1Cc1ccnc2ccccc12. The van der Waals surface area contributed by atoms with Crippen LogP contribution < -0.4 is 0 Å². The molecular weight excluding hydrogens is 260 g/mol. The Morgan fingerprint density at radius 2 is 2.21 bits per heavy atom. The van der Waals surface area contributed by atoms with E-state index >= 15 is 0 Å². The number of alkyl halides is 1. The van der Waals surface area contributed by atoms with E-state index in [4.69, 9.17) is 16.3 Å². The van der Waals surface area contributed by atoms with Gasteiger partial charge in [0, 0.05) is 36.6 Å². The highest BCUT2D eigenvalue weighted by Gasteiger charge is 2.22. The van der Waals surface area contributed by atoms with E-state index in [9.17, 15) is 0 Å². The second kappa shape index (κ2) is 5.87. The van der Waals surface area contributed by atoms with E-state index in [-0.39, 0.29) is 0 Å². The molecule has 19 heavy (non-hydrogen) atoms. The molecule has 1 atom stereocenters. The zero-order valence-corrected chi connectivity index (χ0v) is 11.5. The van der Waals surface area contributed by atoms with Gasteiger partial charge in [-0.2, -0.15) is 0 Å². The van der Waals surface area contributed by atoms with Gasteiger partial charge < -0.3 is 4.74 Å². The molecule has 1 unspecified atom stereocenters. The van der Waals surface area contributed by atoms with Crippen LogP contribution in [0, 0.1) is 0 Å². The molecule has 0 spiro atoms. The summed E-state index contributed by atoms with van der Waals surface area (Å²) >= 11 is 6.03. The Labute approximate surface area is 118 Å². The largest absolute Gasteiger partial charge is 0.378 e. The van der Waals surface area contributed by atoms with Gasteiger partial charge in [0.25, 0.3) is 0 Å². The zero-order chi connectivity index (χ0) is 13.1. The van der Waals surface area contributed by atoms with Gasteiger partial charge in [0.05, 0.1) is 18.7 Å². The number of para-hydroxylation sites is 1. The van der Waals surface area contributed by atoms with Gasteiger partial charge in [-0.1, -0.05) is 18.2 Å². The van der Waals surface area contributed by atoms with Gasteiger partial charge in [-0.25, -0.2) is 0 Å². The molecule has 1 aromatic carbocycles. The van der Waals surface area contributed by atoms with Crippen molar-refractivity contribution >= 4 is 22.5 Å². The monoisotopic (exact) mass is 276 g/mol. The van der Waals surface area contributed by atoms with Gasteiger partial charge in [0.1, 0.15) is 0 Å². The molecule has 1 saturated heterocycles. The Balaban J connectivity index is 1.88. The fourth-order valence-electron chi connectivity index (χ4n) is 2.55. The number of hydrogen-bond donors (Lipinski definition) is 0. The van der Waals surface area contributed by atoms with Crippen molar-refractivity contribution < 1.29 is 4.74 Å². The molecular formula is C15H17ClN2O. The lowest BCUT2D eigenvalue weighted by Gasteiger charge is -2.34. The Morgan fingerprint density at radius 3 is 3.11 bits per heavy atom.